The van der Waals surface area contributed by atoms with Gasteiger partial charge in [-0.2, -0.15) is 11.8 Å². The molecule has 134 valence electrons. The van der Waals surface area contributed by atoms with Crippen LogP contribution in [0.25, 0.3) is 0 Å². The molecule has 24 heavy (non-hydrogen) atoms. The zero-order valence-electron chi connectivity index (χ0n) is 15.7. The summed E-state index contributed by atoms with van der Waals surface area (Å²) < 4.78 is 0. The van der Waals surface area contributed by atoms with Crippen molar-refractivity contribution in [1.29, 1.82) is 0 Å². The zero-order chi connectivity index (χ0) is 17.5. The summed E-state index contributed by atoms with van der Waals surface area (Å²) in [6.07, 6.45) is 0. The fraction of sp³-hybridized carbons (Fsp3) is 0.632. The van der Waals surface area contributed by atoms with Crippen molar-refractivity contribution in [1.82, 2.24) is 15.1 Å². The molecule has 0 amide bonds. The fourth-order valence-corrected chi connectivity index (χ4v) is 4.29. The van der Waals surface area contributed by atoms with Gasteiger partial charge < -0.3 is 15.1 Å². The van der Waals surface area contributed by atoms with Crippen LogP contribution in [0.15, 0.2) is 29.3 Å². The number of hydrogen-bond acceptors (Lipinski definition) is 3. The number of hydrogen-bond donors (Lipinski definition) is 1. The molecule has 1 unspecified atom stereocenters. The Kier molecular flexibility index (Phi) is 7.43. The molecule has 1 aliphatic heterocycles. The Labute approximate surface area is 151 Å². The maximum atomic E-state index is 4.51. The van der Waals surface area contributed by atoms with E-state index < -0.39 is 0 Å². The van der Waals surface area contributed by atoms with Crippen LogP contribution in [-0.4, -0.2) is 61.0 Å². The van der Waals surface area contributed by atoms with Gasteiger partial charge in [0.25, 0.3) is 0 Å². The standard InChI is InChI=1S/C19H32N4S/c1-15(2)18-14-23(9-10-24-18)19(20-3)21-12-16-7-6-8-17(11-16)13-22(4)5/h6-8,11,15,18H,9-10,12-14H2,1-5H3,(H,20,21). The van der Waals surface area contributed by atoms with Crippen molar-refractivity contribution in [2.24, 2.45) is 10.9 Å². The molecule has 0 saturated carbocycles. The summed E-state index contributed by atoms with van der Waals surface area (Å²) in [6, 6.07) is 8.80. The molecule has 5 heteroatoms. The Morgan fingerprint density at radius 3 is 2.79 bits per heavy atom. The van der Waals surface area contributed by atoms with Crippen molar-refractivity contribution in [3.05, 3.63) is 35.4 Å². The van der Waals surface area contributed by atoms with Gasteiger partial charge in [0.15, 0.2) is 5.96 Å². The maximum Gasteiger partial charge on any atom is 0.193 e. The Morgan fingerprint density at radius 2 is 2.12 bits per heavy atom. The molecule has 1 saturated heterocycles. The van der Waals surface area contributed by atoms with Crippen LogP contribution in [0.1, 0.15) is 25.0 Å². The zero-order valence-corrected chi connectivity index (χ0v) is 16.6. The molecule has 1 atom stereocenters. The van der Waals surface area contributed by atoms with Gasteiger partial charge in [-0.1, -0.05) is 38.1 Å². The largest absolute Gasteiger partial charge is 0.352 e. The highest BCUT2D eigenvalue weighted by atomic mass is 32.2. The van der Waals surface area contributed by atoms with E-state index in [1.165, 1.54) is 16.9 Å². The highest BCUT2D eigenvalue weighted by Crippen LogP contribution is 2.24. The molecule has 1 fully saturated rings. The third-order valence-electron chi connectivity index (χ3n) is 4.29. The molecule has 0 aromatic heterocycles. The highest BCUT2D eigenvalue weighted by Gasteiger charge is 2.24. The van der Waals surface area contributed by atoms with Crippen molar-refractivity contribution in [2.45, 2.75) is 32.2 Å². The molecule has 2 rings (SSSR count). The summed E-state index contributed by atoms with van der Waals surface area (Å²) in [7, 11) is 6.09. The van der Waals surface area contributed by atoms with Gasteiger partial charge in [0.05, 0.1) is 0 Å². The number of aliphatic imine (C=N–C) groups is 1. The van der Waals surface area contributed by atoms with Crippen LogP contribution in [0, 0.1) is 5.92 Å². The number of nitrogens with zero attached hydrogens (tertiary/aromatic N) is 3. The monoisotopic (exact) mass is 348 g/mol. The van der Waals surface area contributed by atoms with E-state index in [1.54, 1.807) is 0 Å². The van der Waals surface area contributed by atoms with Gasteiger partial charge in [-0.05, 0) is 31.1 Å². The molecule has 1 heterocycles. The predicted molar refractivity (Wildman–Crippen MR) is 107 cm³/mol. The quantitative estimate of drug-likeness (QED) is 0.655. The second-order valence-corrected chi connectivity index (χ2v) is 8.40. The average Bonchev–Trinajstić information content (AvgIpc) is 2.55. The molecule has 1 aromatic rings. The molecule has 1 N–H and O–H groups in total. The van der Waals surface area contributed by atoms with Gasteiger partial charge in [0, 0.05) is 44.2 Å². The first-order chi connectivity index (χ1) is 11.5. The van der Waals surface area contributed by atoms with Crippen molar-refractivity contribution >= 4 is 17.7 Å². The van der Waals surface area contributed by atoms with E-state index in [1.807, 2.05) is 7.05 Å². The minimum absolute atomic E-state index is 0.695. The van der Waals surface area contributed by atoms with Gasteiger partial charge in [-0.15, -0.1) is 0 Å². The van der Waals surface area contributed by atoms with E-state index >= 15 is 0 Å². The molecule has 1 aromatic carbocycles. The van der Waals surface area contributed by atoms with Crippen molar-refractivity contribution in [3.63, 3.8) is 0 Å². The second-order valence-electron chi connectivity index (χ2n) is 7.06. The van der Waals surface area contributed by atoms with Crippen LogP contribution in [0.2, 0.25) is 0 Å². The average molecular weight is 349 g/mol. The summed E-state index contributed by atoms with van der Waals surface area (Å²) >= 11 is 2.10. The first-order valence-electron chi connectivity index (χ1n) is 8.79. The van der Waals surface area contributed by atoms with Gasteiger partial charge in [-0.3, -0.25) is 4.99 Å². The van der Waals surface area contributed by atoms with Gasteiger partial charge >= 0.3 is 0 Å². The topological polar surface area (TPSA) is 30.9 Å². The normalized spacial score (nSPS) is 19.2. The first kappa shape index (κ1) is 19.1. The van der Waals surface area contributed by atoms with Crippen LogP contribution in [0.4, 0.5) is 0 Å². The molecular formula is C19H32N4S. The SMILES string of the molecule is CN=C(NCc1cccc(CN(C)C)c1)N1CCSC(C(C)C)C1. The van der Waals surface area contributed by atoms with Crippen molar-refractivity contribution in [2.75, 3.05) is 40.0 Å². The van der Waals surface area contributed by atoms with Crippen LogP contribution in [0.5, 0.6) is 0 Å². The van der Waals surface area contributed by atoms with Gasteiger partial charge in [0.2, 0.25) is 0 Å². The summed E-state index contributed by atoms with van der Waals surface area (Å²) in [5.74, 6) is 2.92. The van der Waals surface area contributed by atoms with E-state index in [9.17, 15) is 0 Å². The van der Waals surface area contributed by atoms with Crippen LogP contribution < -0.4 is 5.32 Å². The van der Waals surface area contributed by atoms with E-state index in [-0.39, 0.29) is 0 Å². The Balaban J connectivity index is 1.94. The third kappa shape index (κ3) is 5.71. The molecular weight excluding hydrogens is 316 g/mol. The predicted octanol–water partition coefficient (Wildman–Crippen LogP) is 2.90. The molecule has 0 aliphatic carbocycles. The summed E-state index contributed by atoms with van der Waals surface area (Å²) in [5, 5.41) is 4.24. The lowest BCUT2D eigenvalue weighted by Crippen LogP contribution is -2.48. The number of nitrogens with one attached hydrogen (secondary N) is 1. The molecule has 0 spiro atoms. The lowest BCUT2D eigenvalue weighted by atomic mass is 10.1. The second kappa shape index (κ2) is 9.33. The minimum atomic E-state index is 0.695. The highest BCUT2D eigenvalue weighted by molar-refractivity contribution is 8.00. The van der Waals surface area contributed by atoms with Crippen LogP contribution >= 0.6 is 11.8 Å². The van der Waals surface area contributed by atoms with Crippen LogP contribution in [-0.2, 0) is 13.1 Å². The lowest BCUT2D eigenvalue weighted by molar-refractivity contribution is 0.380. The Morgan fingerprint density at radius 1 is 1.38 bits per heavy atom. The van der Waals surface area contributed by atoms with Gasteiger partial charge in [-0.25, -0.2) is 0 Å². The lowest BCUT2D eigenvalue weighted by Gasteiger charge is -2.36. The first-order valence-corrected chi connectivity index (χ1v) is 9.84. The molecule has 0 bridgehead atoms. The fourth-order valence-electron chi connectivity index (χ4n) is 2.99. The minimum Gasteiger partial charge on any atom is -0.352 e. The Hall–Kier alpha value is -1.20. The smallest absolute Gasteiger partial charge is 0.193 e. The van der Waals surface area contributed by atoms with Crippen LogP contribution in [0.3, 0.4) is 0 Å². The molecule has 1 aliphatic rings. The van der Waals surface area contributed by atoms with Crippen molar-refractivity contribution < 1.29 is 0 Å². The molecule has 0 radical (unpaired) electrons. The summed E-state index contributed by atoms with van der Waals surface area (Å²) in [4.78, 5) is 9.11. The van der Waals surface area contributed by atoms with E-state index in [4.69, 9.17) is 0 Å². The number of rotatable bonds is 5. The van der Waals surface area contributed by atoms with Crippen molar-refractivity contribution in [3.8, 4) is 0 Å². The van der Waals surface area contributed by atoms with E-state index in [2.05, 4.69) is 84.1 Å². The number of thioether (sulfide) groups is 1. The van der Waals surface area contributed by atoms with E-state index in [0.717, 1.165) is 32.1 Å². The summed E-state index contributed by atoms with van der Waals surface area (Å²) in [5.41, 5.74) is 2.66. The Bertz CT molecular complexity index is 542. The number of guanidine groups is 1. The van der Waals surface area contributed by atoms with E-state index in [0.29, 0.717) is 11.2 Å². The number of benzene rings is 1. The summed E-state index contributed by atoms with van der Waals surface area (Å²) in [6.45, 7) is 8.59. The van der Waals surface area contributed by atoms with Gasteiger partial charge in [0.1, 0.15) is 0 Å². The molecule has 4 nitrogen and oxygen atoms in total. The maximum absolute atomic E-state index is 4.51. The third-order valence-corrected chi connectivity index (χ3v) is 5.83.